The number of allylic oxidation sites excluding steroid dienone is 8. The number of hydrogen-bond acceptors (Lipinski definition) is 9. The minimum atomic E-state index is -4.62. The predicted octanol–water partition coefficient (Wildman–Crippen LogP) is 12.9. The summed E-state index contributed by atoms with van der Waals surface area (Å²) >= 11 is 0. The third-order valence-electron chi connectivity index (χ3n) is 10.00. The van der Waals surface area contributed by atoms with Crippen LogP contribution in [0.4, 0.5) is 0 Å². The number of esters is 2. The van der Waals surface area contributed by atoms with Crippen molar-refractivity contribution in [2.24, 2.45) is 0 Å². The highest BCUT2D eigenvalue weighted by Gasteiger charge is 2.27. The Bertz CT molecular complexity index is 1120. The summed E-state index contributed by atoms with van der Waals surface area (Å²) in [6.45, 7) is 2.28. The van der Waals surface area contributed by atoms with Gasteiger partial charge < -0.3 is 24.6 Å². The standard InChI is InChI=1S/C48H87O10P/c1-3-5-7-9-11-13-15-17-18-19-20-21-22-23-24-25-26-28-30-32-34-36-38-40-48(52)58-46(44-57-59(53,54)56-42-45(50)41-49)43-55-47(51)39-37-35-33-31-29-27-16-14-12-10-8-6-4-2/h5,7,11,13,17-18,20-21,45-46,49-50H,3-4,6,8-10,12,14-16,19,22-44H2,1-2H3,(H,53,54)/b7-5-,13-11-,18-17-,21-20-. The summed E-state index contributed by atoms with van der Waals surface area (Å²) in [6.07, 6.45) is 47.9. The van der Waals surface area contributed by atoms with Gasteiger partial charge in [0.2, 0.25) is 0 Å². The first-order chi connectivity index (χ1) is 28.7. The summed E-state index contributed by atoms with van der Waals surface area (Å²) in [5.41, 5.74) is 0. The molecule has 0 radical (unpaired) electrons. The van der Waals surface area contributed by atoms with Crippen LogP contribution in [-0.2, 0) is 32.7 Å². The molecule has 10 nitrogen and oxygen atoms in total. The second-order valence-corrected chi connectivity index (χ2v) is 17.2. The van der Waals surface area contributed by atoms with Crippen molar-refractivity contribution >= 4 is 19.8 Å². The van der Waals surface area contributed by atoms with Crippen LogP contribution in [0.3, 0.4) is 0 Å². The van der Waals surface area contributed by atoms with Gasteiger partial charge in [-0.3, -0.25) is 18.6 Å². The van der Waals surface area contributed by atoms with Crippen LogP contribution in [0.1, 0.15) is 206 Å². The second-order valence-electron chi connectivity index (χ2n) is 15.8. The summed E-state index contributed by atoms with van der Waals surface area (Å²) < 4.78 is 32.8. The Morgan fingerprint density at radius 1 is 0.525 bits per heavy atom. The lowest BCUT2D eigenvalue weighted by Gasteiger charge is -2.20. The van der Waals surface area contributed by atoms with Crippen molar-refractivity contribution in [3.8, 4) is 0 Å². The Balaban J connectivity index is 4.20. The summed E-state index contributed by atoms with van der Waals surface area (Å²) in [6, 6.07) is 0. The molecular formula is C48H87O10P. The monoisotopic (exact) mass is 855 g/mol. The highest BCUT2D eigenvalue weighted by Crippen LogP contribution is 2.43. The van der Waals surface area contributed by atoms with Crippen molar-refractivity contribution in [1.82, 2.24) is 0 Å². The molecule has 59 heavy (non-hydrogen) atoms. The molecule has 3 atom stereocenters. The van der Waals surface area contributed by atoms with Crippen molar-refractivity contribution in [1.29, 1.82) is 0 Å². The van der Waals surface area contributed by atoms with Crippen LogP contribution in [0.25, 0.3) is 0 Å². The quantitative estimate of drug-likeness (QED) is 0.0234. The molecule has 0 fully saturated rings. The first-order valence-corrected chi connectivity index (χ1v) is 25.1. The molecule has 0 amide bonds. The predicted molar refractivity (Wildman–Crippen MR) is 242 cm³/mol. The Hall–Kier alpha value is -2.07. The van der Waals surface area contributed by atoms with E-state index in [0.717, 1.165) is 70.6 Å². The van der Waals surface area contributed by atoms with Gasteiger partial charge >= 0.3 is 19.8 Å². The van der Waals surface area contributed by atoms with E-state index in [2.05, 4.69) is 62.5 Å². The molecule has 0 saturated heterocycles. The molecule has 0 rings (SSSR count). The van der Waals surface area contributed by atoms with Crippen LogP contribution in [0, 0.1) is 0 Å². The molecule has 3 N–H and O–H groups in total. The number of hydrogen-bond donors (Lipinski definition) is 3. The molecule has 0 spiro atoms. The zero-order valence-corrected chi connectivity index (χ0v) is 38.4. The zero-order valence-electron chi connectivity index (χ0n) is 37.5. The van der Waals surface area contributed by atoms with Gasteiger partial charge in [-0.15, -0.1) is 0 Å². The van der Waals surface area contributed by atoms with E-state index >= 15 is 0 Å². The van der Waals surface area contributed by atoms with Gasteiger partial charge in [0.25, 0.3) is 0 Å². The van der Waals surface area contributed by atoms with Crippen molar-refractivity contribution in [3.05, 3.63) is 48.6 Å². The summed E-state index contributed by atoms with van der Waals surface area (Å²) in [5, 5.41) is 18.4. The van der Waals surface area contributed by atoms with Gasteiger partial charge in [0.15, 0.2) is 6.10 Å². The van der Waals surface area contributed by atoms with E-state index in [4.69, 9.17) is 23.6 Å². The second kappa shape index (κ2) is 44.0. The number of aliphatic hydroxyl groups is 2. The fourth-order valence-corrected chi connectivity index (χ4v) is 7.19. The van der Waals surface area contributed by atoms with Crippen molar-refractivity contribution < 1.29 is 47.8 Å². The molecule has 0 aliphatic heterocycles. The summed E-state index contributed by atoms with van der Waals surface area (Å²) in [4.78, 5) is 35.1. The zero-order chi connectivity index (χ0) is 43.3. The number of carbonyl (C=O) groups is 2. The average Bonchev–Trinajstić information content (AvgIpc) is 3.22. The minimum absolute atomic E-state index is 0.179. The molecule has 0 bridgehead atoms. The molecular weight excluding hydrogens is 767 g/mol. The Labute approximate surface area is 360 Å². The molecule has 0 aromatic rings. The van der Waals surface area contributed by atoms with Crippen LogP contribution in [-0.4, -0.2) is 65.7 Å². The van der Waals surface area contributed by atoms with Crippen LogP contribution >= 0.6 is 7.82 Å². The molecule has 344 valence electrons. The number of unbranched alkanes of at least 4 members (excludes halogenated alkanes) is 22. The first kappa shape index (κ1) is 56.9. The number of aliphatic hydroxyl groups excluding tert-OH is 2. The van der Waals surface area contributed by atoms with Gasteiger partial charge in [-0.05, 0) is 51.4 Å². The Morgan fingerprint density at radius 3 is 1.41 bits per heavy atom. The maximum Gasteiger partial charge on any atom is 0.472 e. The number of phosphoric acid groups is 1. The van der Waals surface area contributed by atoms with E-state index < -0.39 is 51.8 Å². The van der Waals surface area contributed by atoms with Gasteiger partial charge in [-0.1, -0.05) is 191 Å². The number of rotatable bonds is 44. The van der Waals surface area contributed by atoms with Crippen molar-refractivity contribution in [3.63, 3.8) is 0 Å². The van der Waals surface area contributed by atoms with E-state index in [-0.39, 0.29) is 19.4 Å². The van der Waals surface area contributed by atoms with E-state index in [1.165, 1.54) is 96.3 Å². The third-order valence-corrected chi connectivity index (χ3v) is 10.9. The fraction of sp³-hybridized carbons (Fsp3) is 0.792. The normalized spacial score (nSPS) is 14.2. The van der Waals surface area contributed by atoms with Gasteiger partial charge in [0.1, 0.15) is 12.7 Å². The van der Waals surface area contributed by atoms with E-state index in [1.807, 2.05) is 0 Å². The summed E-state index contributed by atoms with van der Waals surface area (Å²) in [5.74, 6) is -0.925. The lowest BCUT2D eigenvalue weighted by atomic mass is 10.0. The minimum Gasteiger partial charge on any atom is -0.462 e. The number of carbonyl (C=O) groups excluding carboxylic acids is 2. The van der Waals surface area contributed by atoms with Crippen LogP contribution < -0.4 is 0 Å². The lowest BCUT2D eigenvalue weighted by molar-refractivity contribution is -0.161. The molecule has 0 saturated carbocycles. The number of ether oxygens (including phenoxy) is 2. The largest absolute Gasteiger partial charge is 0.472 e. The molecule has 0 aromatic carbocycles. The van der Waals surface area contributed by atoms with Crippen LogP contribution in [0.15, 0.2) is 48.6 Å². The maximum atomic E-state index is 12.6. The van der Waals surface area contributed by atoms with Gasteiger partial charge in [0.05, 0.1) is 19.8 Å². The van der Waals surface area contributed by atoms with E-state index in [9.17, 15) is 24.2 Å². The molecule has 0 aliphatic carbocycles. The lowest BCUT2D eigenvalue weighted by Crippen LogP contribution is -2.29. The van der Waals surface area contributed by atoms with Gasteiger partial charge in [0, 0.05) is 12.8 Å². The Kier molecular flexibility index (Phi) is 42.5. The highest BCUT2D eigenvalue weighted by atomic mass is 31.2. The van der Waals surface area contributed by atoms with Crippen molar-refractivity contribution in [2.45, 2.75) is 219 Å². The topological polar surface area (TPSA) is 149 Å². The van der Waals surface area contributed by atoms with Crippen LogP contribution in [0.5, 0.6) is 0 Å². The highest BCUT2D eigenvalue weighted by molar-refractivity contribution is 7.47. The van der Waals surface area contributed by atoms with Gasteiger partial charge in [-0.2, -0.15) is 0 Å². The molecule has 11 heteroatoms. The molecule has 0 aromatic heterocycles. The SMILES string of the molecule is CC/C=C\C/C=C\C/C=C\C/C=C\CCCCCCCCCCCCC(=O)OC(COC(=O)CCCCCCCCCCCCCCC)COP(=O)(O)OCC(O)CO. The van der Waals surface area contributed by atoms with Gasteiger partial charge in [-0.25, -0.2) is 4.57 Å². The van der Waals surface area contributed by atoms with E-state index in [0.29, 0.717) is 12.8 Å². The number of phosphoric ester groups is 1. The molecule has 3 unspecified atom stereocenters. The average molecular weight is 855 g/mol. The Morgan fingerprint density at radius 2 is 0.932 bits per heavy atom. The maximum absolute atomic E-state index is 12.6. The fourth-order valence-electron chi connectivity index (χ4n) is 6.40. The third kappa shape index (κ3) is 43.8. The smallest absolute Gasteiger partial charge is 0.462 e. The summed E-state index contributed by atoms with van der Waals surface area (Å²) in [7, 11) is -4.62. The van der Waals surface area contributed by atoms with E-state index in [1.54, 1.807) is 0 Å². The van der Waals surface area contributed by atoms with Crippen LogP contribution in [0.2, 0.25) is 0 Å². The molecule has 0 heterocycles. The van der Waals surface area contributed by atoms with Crippen molar-refractivity contribution in [2.75, 3.05) is 26.4 Å². The molecule has 0 aliphatic rings. The first-order valence-electron chi connectivity index (χ1n) is 23.6.